The van der Waals surface area contributed by atoms with Gasteiger partial charge < -0.3 is 0 Å². The van der Waals surface area contributed by atoms with E-state index in [-0.39, 0.29) is 6.04 Å². The number of rotatable bonds is 3. The van der Waals surface area contributed by atoms with Gasteiger partial charge in [0.2, 0.25) is 0 Å². The number of nitrogens with zero attached hydrogens (tertiary/aromatic N) is 3. The van der Waals surface area contributed by atoms with Crippen LogP contribution in [0.4, 0.5) is 0 Å². The number of benzene rings is 1. The van der Waals surface area contributed by atoms with E-state index in [9.17, 15) is 0 Å². The second-order valence-electron chi connectivity index (χ2n) is 3.38. The summed E-state index contributed by atoms with van der Waals surface area (Å²) in [5, 5.41) is 4.32. The molecule has 0 spiro atoms. The van der Waals surface area contributed by atoms with Gasteiger partial charge in [0.1, 0.15) is 0 Å². The molecule has 0 atom stereocenters. The average Bonchev–Trinajstić information content (AvgIpc) is 2.16. The number of hydrogen-bond acceptors (Lipinski definition) is 2. The molecule has 0 amide bonds. The summed E-state index contributed by atoms with van der Waals surface area (Å²) in [4.78, 5) is 4.12. The highest BCUT2D eigenvalue weighted by atomic mass is 32.2. The summed E-state index contributed by atoms with van der Waals surface area (Å²) in [6, 6.07) is 10.6. The summed E-state index contributed by atoms with van der Waals surface area (Å²) in [5.41, 5.74) is 8.23. The lowest BCUT2D eigenvalue weighted by Crippen LogP contribution is -2.28. The maximum Gasteiger partial charge on any atom is 0.0395 e. The minimum Gasteiger partial charge on any atom is -0.123 e. The first-order valence-corrected chi connectivity index (χ1v) is 5.52. The maximum absolute atomic E-state index is 8.23. The molecular formula is C10H11N3S. The molecule has 1 fully saturated rings. The molecule has 0 heterocycles. The topological polar surface area (TPSA) is 48.8 Å². The normalized spacial score (nSPS) is 24.9. The van der Waals surface area contributed by atoms with Crippen molar-refractivity contribution in [2.24, 2.45) is 5.11 Å². The Morgan fingerprint density at radius 2 is 2.00 bits per heavy atom. The first kappa shape index (κ1) is 9.44. The Balaban J connectivity index is 1.82. The van der Waals surface area contributed by atoms with Gasteiger partial charge in [-0.05, 0) is 30.5 Å². The van der Waals surface area contributed by atoms with Crippen LogP contribution >= 0.6 is 11.8 Å². The second-order valence-corrected chi connectivity index (χ2v) is 4.76. The maximum atomic E-state index is 8.23. The van der Waals surface area contributed by atoms with Crippen LogP contribution in [0.5, 0.6) is 0 Å². The highest BCUT2D eigenvalue weighted by Crippen LogP contribution is 2.38. The molecule has 1 saturated carbocycles. The molecule has 1 aromatic carbocycles. The van der Waals surface area contributed by atoms with Crippen LogP contribution in [0.15, 0.2) is 40.3 Å². The molecule has 1 aliphatic carbocycles. The highest BCUT2D eigenvalue weighted by Gasteiger charge is 2.28. The van der Waals surface area contributed by atoms with Gasteiger partial charge in [-0.1, -0.05) is 23.3 Å². The van der Waals surface area contributed by atoms with E-state index in [1.54, 1.807) is 0 Å². The number of hydrogen-bond donors (Lipinski definition) is 0. The molecular weight excluding hydrogens is 194 g/mol. The van der Waals surface area contributed by atoms with Crippen LogP contribution in [0.1, 0.15) is 12.8 Å². The summed E-state index contributed by atoms with van der Waals surface area (Å²) in [5.74, 6) is 0. The smallest absolute Gasteiger partial charge is 0.0395 e. The predicted molar refractivity (Wildman–Crippen MR) is 58.3 cm³/mol. The molecule has 1 aliphatic rings. The fourth-order valence-electron chi connectivity index (χ4n) is 1.49. The predicted octanol–water partition coefficient (Wildman–Crippen LogP) is 3.62. The van der Waals surface area contributed by atoms with Crippen molar-refractivity contribution < 1.29 is 0 Å². The molecule has 0 bridgehead atoms. The third-order valence-electron chi connectivity index (χ3n) is 2.33. The molecule has 0 saturated heterocycles. The zero-order valence-electron chi connectivity index (χ0n) is 7.71. The van der Waals surface area contributed by atoms with Gasteiger partial charge in [0.25, 0.3) is 0 Å². The number of azide groups is 1. The highest BCUT2D eigenvalue weighted by molar-refractivity contribution is 8.00. The van der Waals surface area contributed by atoms with E-state index < -0.39 is 0 Å². The Bertz CT molecular complexity index is 340. The zero-order chi connectivity index (χ0) is 9.80. The molecule has 0 aromatic heterocycles. The van der Waals surface area contributed by atoms with Gasteiger partial charge in [-0.25, -0.2) is 0 Å². The van der Waals surface area contributed by atoms with Gasteiger partial charge in [0, 0.05) is 21.1 Å². The van der Waals surface area contributed by atoms with E-state index in [2.05, 4.69) is 22.2 Å². The van der Waals surface area contributed by atoms with Crippen molar-refractivity contribution in [2.45, 2.75) is 29.0 Å². The zero-order valence-corrected chi connectivity index (χ0v) is 8.52. The minimum atomic E-state index is 0.237. The lowest BCUT2D eigenvalue weighted by atomic mass is 9.93. The minimum absolute atomic E-state index is 0.237. The first-order chi connectivity index (χ1) is 6.88. The quantitative estimate of drug-likeness (QED) is 0.422. The van der Waals surface area contributed by atoms with Crippen molar-refractivity contribution in [3.63, 3.8) is 0 Å². The van der Waals surface area contributed by atoms with Crippen LogP contribution in [0.25, 0.3) is 10.4 Å². The summed E-state index contributed by atoms with van der Waals surface area (Å²) in [7, 11) is 0. The van der Waals surface area contributed by atoms with Gasteiger partial charge >= 0.3 is 0 Å². The summed E-state index contributed by atoms with van der Waals surface area (Å²) in [6.45, 7) is 0. The van der Waals surface area contributed by atoms with Crippen molar-refractivity contribution >= 4 is 11.8 Å². The number of thioether (sulfide) groups is 1. The van der Waals surface area contributed by atoms with Crippen molar-refractivity contribution in [3.05, 3.63) is 40.8 Å². The molecule has 3 nitrogen and oxygen atoms in total. The van der Waals surface area contributed by atoms with Gasteiger partial charge in [-0.15, -0.1) is 11.8 Å². The summed E-state index contributed by atoms with van der Waals surface area (Å²) < 4.78 is 0. The van der Waals surface area contributed by atoms with Crippen molar-refractivity contribution in [1.82, 2.24) is 0 Å². The van der Waals surface area contributed by atoms with E-state index in [0.29, 0.717) is 5.25 Å². The third-order valence-corrected chi connectivity index (χ3v) is 3.59. The lowest BCUT2D eigenvalue weighted by molar-refractivity contribution is 0.431. The van der Waals surface area contributed by atoms with Crippen LogP contribution in [0, 0.1) is 0 Å². The van der Waals surface area contributed by atoms with Crippen molar-refractivity contribution in [1.29, 1.82) is 0 Å². The van der Waals surface area contributed by atoms with E-state index in [1.807, 2.05) is 30.0 Å². The molecule has 0 radical (unpaired) electrons. The van der Waals surface area contributed by atoms with E-state index in [0.717, 1.165) is 12.8 Å². The lowest BCUT2D eigenvalue weighted by Gasteiger charge is -2.31. The largest absolute Gasteiger partial charge is 0.123 e. The van der Waals surface area contributed by atoms with Crippen LogP contribution in [-0.4, -0.2) is 11.3 Å². The molecule has 0 N–H and O–H groups in total. The molecule has 0 aliphatic heterocycles. The molecule has 4 heteroatoms. The fraction of sp³-hybridized carbons (Fsp3) is 0.400. The molecule has 2 rings (SSSR count). The van der Waals surface area contributed by atoms with Crippen LogP contribution < -0.4 is 0 Å². The van der Waals surface area contributed by atoms with E-state index >= 15 is 0 Å². The first-order valence-electron chi connectivity index (χ1n) is 4.64. The van der Waals surface area contributed by atoms with Gasteiger partial charge in [-0.3, -0.25) is 0 Å². The van der Waals surface area contributed by atoms with Crippen LogP contribution in [0.3, 0.4) is 0 Å². The standard InChI is InChI=1S/C10H11N3S/c11-13-12-8-6-10(7-8)14-9-4-2-1-3-5-9/h1-5,8,10H,6-7H2. The average molecular weight is 205 g/mol. The Morgan fingerprint density at radius 3 is 2.64 bits per heavy atom. The van der Waals surface area contributed by atoms with Gasteiger partial charge in [-0.2, -0.15) is 0 Å². The van der Waals surface area contributed by atoms with E-state index in [1.165, 1.54) is 4.90 Å². The monoisotopic (exact) mass is 205 g/mol. The second kappa shape index (κ2) is 4.40. The van der Waals surface area contributed by atoms with Crippen molar-refractivity contribution in [2.75, 3.05) is 0 Å². The molecule has 0 unspecified atom stereocenters. The Labute approximate surface area is 87.1 Å². The molecule has 72 valence electrons. The summed E-state index contributed by atoms with van der Waals surface area (Å²) in [6.07, 6.45) is 2.03. The Morgan fingerprint density at radius 1 is 1.29 bits per heavy atom. The van der Waals surface area contributed by atoms with Gasteiger partial charge in [0.15, 0.2) is 0 Å². The van der Waals surface area contributed by atoms with Crippen LogP contribution in [-0.2, 0) is 0 Å². The molecule has 1 aromatic rings. The Kier molecular flexibility index (Phi) is 2.96. The third kappa shape index (κ3) is 2.22. The molecule has 14 heavy (non-hydrogen) atoms. The van der Waals surface area contributed by atoms with Crippen molar-refractivity contribution in [3.8, 4) is 0 Å². The Hall–Kier alpha value is -1.12. The van der Waals surface area contributed by atoms with E-state index in [4.69, 9.17) is 5.53 Å². The summed E-state index contributed by atoms with van der Waals surface area (Å²) >= 11 is 1.88. The van der Waals surface area contributed by atoms with Gasteiger partial charge in [0.05, 0.1) is 0 Å². The fourth-order valence-corrected chi connectivity index (χ4v) is 2.83. The van der Waals surface area contributed by atoms with Crippen LogP contribution in [0.2, 0.25) is 0 Å². The SMILES string of the molecule is [N-]=[N+]=NC1CC(Sc2ccccc2)C1.